The molecule has 29 heavy (non-hydrogen) atoms. The number of ether oxygens (including phenoxy) is 1. The van der Waals surface area contributed by atoms with E-state index >= 15 is 0 Å². The van der Waals surface area contributed by atoms with Crippen molar-refractivity contribution in [3.8, 4) is 0 Å². The van der Waals surface area contributed by atoms with E-state index in [-0.39, 0.29) is 17.7 Å². The van der Waals surface area contributed by atoms with Gasteiger partial charge in [-0.15, -0.1) is 0 Å². The van der Waals surface area contributed by atoms with Crippen LogP contribution in [-0.4, -0.2) is 34.5 Å². The van der Waals surface area contributed by atoms with Gasteiger partial charge in [-0.1, -0.05) is 11.6 Å². The first-order valence-corrected chi connectivity index (χ1v) is 10.4. The van der Waals surface area contributed by atoms with Gasteiger partial charge in [0.05, 0.1) is 23.4 Å². The Hall–Kier alpha value is -1.93. The lowest BCUT2D eigenvalue weighted by molar-refractivity contribution is -0.153. The molecular weight excluding hydrogens is 392 g/mol. The summed E-state index contributed by atoms with van der Waals surface area (Å²) in [5, 5.41) is 1.40. The quantitative estimate of drug-likeness (QED) is 0.334. The number of aromatic amines is 1. The van der Waals surface area contributed by atoms with E-state index in [4.69, 9.17) is 33.5 Å². The van der Waals surface area contributed by atoms with E-state index in [9.17, 15) is 9.59 Å². The Morgan fingerprint density at radius 1 is 1.21 bits per heavy atom. The number of benzene rings is 1. The summed E-state index contributed by atoms with van der Waals surface area (Å²) in [4.78, 5) is 28.9. The van der Waals surface area contributed by atoms with Crippen LogP contribution in [0.1, 0.15) is 49.5 Å². The third-order valence-corrected chi connectivity index (χ3v) is 7.02. The number of aromatic nitrogens is 1. The summed E-state index contributed by atoms with van der Waals surface area (Å²) in [7, 11) is 0. The van der Waals surface area contributed by atoms with Crippen molar-refractivity contribution < 1.29 is 14.3 Å². The van der Waals surface area contributed by atoms with E-state index in [0.717, 1.165) is 23.7 Å². The minimum atomic E-state index is -1.44. The molecule has 2 aliphatic carbocycles. The molecule has 0 radical (unpaired) electrons. The van der Waals surface area contributed by atoms with E-state index in [0.29, 0.717) is 36.6 Å². The third kappa shape index (κ3) is 3.17. The molecule has 2 aliphatic rings. The maximum Gasteiger partial charge on any atom is 0.312 e. The van der Waals surface area contributed by atoms with Crippen LogP contribution in [0.25, 0.3) is 10.9 Å². The van der Waals surface area contributed by atoms with Crippen LogP contribution in [0.2, 0.25) is 5.02 Å². The van der Waals surface area contributed by atoms with Gasteiger partial charge in [0.1, 0.15) is 5.54 Å². The lowest BCUT2D eigenvalue weighted by atomic mass is 9.63. The van der Waals surface area contributed by atoms with Gasteiger partial charge in [0.2, 0.25) is 5.78 Å². The highest BCUT2D eigenvalue weighted by molar-refractivity contribution is 6.31. The standard InChI is InChI=1S/C21H27ClN4O3/c1-2-29-18(28)19(7-8-19)13-5-6-20(23,21(24,25)11-13)17(27)16-10-12-9-14(22)3-4-15(12)26-16/h3-4,9-10,13,26H,2,5-8,11,23-25H2,1H3. The molecule has 2 fully saturated rings. The van der Waals surface area contributed by atoms with Crippen molar-refractivity contribution in [2.24, 2.45) is 28.5 Å². The zero-order valence-corrected chi connectivity index (χ0v) is 17.2. The molecule has 8 heteroatoms. The van der Waals surface area contributed by atoms with Gasteiger partial charge in [-0.25, -0.2) is 0 Å². The number of nitrogens with one attached hydrogen (secondary N) is 1. The van der Waals surface area contributed by atoms with Gasteiger partial charge >= 0.3 is 5.97 Å². The van der Waals surface area contributed by atoms with E-state index in [1.54, 1.807) is 25.1 Å². The van der Waals surface area contributed by atoms with Gasteiger partial charge < -0.3 is 26.9 Å². The molecule has 1 aromatic carbocycles. The number of rotatable bonds is 5. The molecule has 0 spiro atoms. The average Bonchev–Trinajstić information content (AvgIpc) is 3.37. The number of hydrogen-bond donors (Lipinski definition) is 4. The van der Waals surface area contributed by atoms with Gasteiger partial charge in [-0.05, 0) is 69.2 Å². The van der Waals surface area contributed by atoms with Crippen molar-refractivity contribution in [1.29, 1.82) is 0 Å². The van der Waals surface area contributed by atoms with Gasteiger partial charge in [-0.3, -0.25) is 9.59 Å². The van der Waals surface area contributed by atoms with Crippen molar-refractivity contribution in [2.75, 3.05) is 6.61 Å². The number of esters is 1. The van der Waals surface area contributed by atoms with E-state index in [2.05, 4.69) is 4.98 Å². The fourth-order valence-electron chi connectivity index (χ4n) is 4.78. The average molecular weight is 419 g/mol. The van der Waals surface area contributed by atoms with Crippen LogP contribution in [0.5, 0.6) is 0 Å². The minimum Gasteiger partial charge on any atom is -0.466 e. The summed E-state index contributed by atoms with van der Waals surface area (Å²) in [6.45, 7) is 2.13. The zero-order chi connectivity index (χ0) is 21.0. The summed E-state index contributed by atoms with van der Waals surface area (Å²) < 4.78 is 5.27. The number of fused-ring (bicyclic) bond motifs is 1. The molecule has 2 unspecified atom stereocenters. The summed E-state index contributed by atoms with van der Waals surface area (Å²) in [6.07, 6.45) is 2.73. The molecule has 2 atom stereocenters. The maximum atomic E-state index is 13.4. The van der Waals surface area contributed by atoms with Crippen LogP contribution in [0.3, 0.4) is 0 Å². The Balaban J connectivity index is 1.59. The minimum absolute atomic E-state index is 0.0393. The number of H-pyrrole nitrogens is 1. The van der Waals surface area contributed by atoms with Crippen LogP contribution in [0, 0.1) is 11.3 Å². The molecule has 0 aliphatic heterocycles. The molecule has 1 aromatic heterocycles. The highest BCUT2D eigenvalue weighted by atomic mass is 35.5. The van der Waals surface area contributed by atoms with Gasteiger partial charge in [0.25, 0.3) is 0 Å². The number of carbonyl (C=O) groups excluding carboxylic acids is 2. The van der Waals surface area contributed by atoms with Crippen LogP contribution >= 0.6 is 11.6 Å². The number of ketones is 1. The van der Waals surface area contributed by atoms with Crippen molar-refractivity contribution >= 4 is 34.3 Å². The molecule has 0 bridgehead atoms. The van der Waals surface area contributed by atoms with Crippen molar-refractivity contribution in [3.63, 3.8) is 0 Å². The number of hydrogen-bond acceptors (Lipinski definition) is 6. The first-order valence-electron chi connectivity index (χ1n) is 10.00. The Bertz CT molecular complexity index is 981. The van der Waals surface area contributed by atoms with Gasteiger partial charge in [-0.2, -0.15) is 0 Å². The van der Waals surface area contributed by atoms with Crippen LogP contribution < -0.4 is 17.2 Å². The Morgan fingerprint density at radius 3 is 2.55 bits per heavy atom. The summed E-state index contributed by atoms with van der Waals surface area (Å²) >= 11 is 6.04. The van der Waals surface area contributed by atoms with Crippen LogP contribution in [0.15, 0.2) is 24.3 Å². The number of halogens is 1. The number of Topliss-reactive ketones (excluding diaryl/α,β-unsaturated/α-hetero) is 1. The smallest absolute Gasteiger partial charge is 0.312 e. The summed E-state index contributed by atoms with van der Waals surface area (Å²) in [5.74, 6) is -0.555. The molecule has 7 nitrogen and oxygen atoms in total. The zero-order valence-electron chi connectivity index (χ0n) is 16.5. The molecule has 0 amide bonds. The normalized spacial score (nSPS) is 27.6. The van der Waals surface area contributed by atoms with Gasteiger partial charge in [0, 0.05) is 15.9 Å². The molecule has 1 heterocycles. The molecular formula is C21H27ClN4O3. The topological polar surface area (TPSA) is 137 Å². The highest BCUT2D eigenvalue weighted by Gasteiger charge is 2.63. The SMILES string of the molecule is CCOC(=O)C1(C2CCC(N)(C(=O)c3cc4cc(Cl)ccc4[nH]3)C(N)(N)C2)CC1. The second-order valence-electron chi connectivity index (χ2n) is 8.57. The third-order valence-electron chi connectivity index (χ3n) is 6.79. The fraction of sp³-hybridized carbons (Fsp3) is 0.524. The number of nitrogens with two attached hydrogens (primary N) is 3. The van der Waals surface area contributed by atoms with Crippen molar-refractivity contribution in [1.82, 2.24) is 4.98 Å². The molecule has 156 valence electrons. The molecule has 0 saturated heterocycles. The number of carbonyl (C=O) groups is 2. The van der Waals surface area contributed by atoms with E-state index < -0.39 is 16.6 Å². The highest BCUT2D eigenvalue weighted by Crippen LogP contribution is 2.58. The predicted octanol–water partition coefficient (Wildman–Crippen LogP) is 2.46. The Labute approximate surface area is 174 Å². The Kier molecular flexibility index (Phi) is 4.77. The molecule has 2 saturated carbocycles. The molecule has 2 aromatic rings. The van der Waals surface area contributed by atoms with Crippen LogP contribution in [0.4, 0.5) is 0 Å². The van der Waals surface area contributed by atoms with Gasteiger partial charge in [0.15, 0.2) is 0 Å². The van der Waals surface area contributed by atoms with E-state index in [1.165, 1.54) is 0 Å². The second kappa shape index (κ2) is 6.80. The fourth-order valence-corrected chi connectivity index (χ4v) is 4.96. The summed E-state index contributed by atoms with van der Waals surface area (Å²) in [6, 6.07) is 7.06. The largest absolute Gasteiger partial charge is 0.466 e. The maximum absolute atomic E-state index is 13.4. The first kappa shape index (κ1) is 20.3. The lowest BCUT2D eigenvalue weighted by Crippen LogP contribution is -2.77. The van der Waals surface area contributed by atoms with Crippen molar-refractivity contribution in [2.45, 2.75) is 50.2 Å². The lowest BCUT2D eigenvalue weighted by Gasteiger charge is -2.49. The molecule has 7 N–H and O–H groups in total. The first-order chi connectivity index (χ1) is 13.6. The monoisotopic (exact) mass is 418 g/mol. The summed E-state index contributed by atoms with van der Waals surface area (Å²) in [5.41, 5.74) is 17.2. The van der Waals surface area contributed by atoms with Crippen molar-refractivity contribution in [3.05, 3.63) is 35.0 Å². The van der Waals surface area contributed by atoms with Crippen LogP contribution in [-0.2, 0) is 9.53 Å². The Morgan fingerprint density at radius 2 is 1.93 bits per heavy atom. The molecule has 4 rings (SSSR count). The van der Waals surface area contributed by atoms with E-state index in [1.807, 2.05) is 6.07 Å². The predicted molar refractivity (Wildman–Crippen MR) is 111 cm³/mol. The second-order valence-corrected chi connectivity index (χ2v) is 9.01.